The molecule has 0 spiro atoms. The van der Waals surface area contributed by atoms with Gasteiger partial charge in [-0.1, -0.05) is 34.6 Å². The summed E-state index contributed by atoms with van der Waals surface area (Å²) in [5.41, 5.74) is 3.84. The minimum atomic E-state index is 0.724. The van der Waals surface area contributed by atoms with Crippen molar-refractivity contribution in [2.75, 3.05) is 0 Å². The van der Waals surface area contributed by atoms with E-state index in [1.165, 1.54) is 16.9 Å². The fraction of sp³-hybridized carbons (Fsp3) is 0.111. The van der Waals surface area contributed by atoms with E-state index < -0.39 is 0 Å². The quantitative estimate of drug-likeness (QED) is 0.723. The van der Waals surface area contributed by atoms with Crippen molar-refractivity contribution in [3.05, 3.63) is 34.3 Å². The van der Waals surface area contributed by atoms with E-state index in [0.717, 1.165) is 15.6 Å². The standard InChI is InChI=1S/C9H7ClN2S/c1-6-2-3-8(10)7(4-6)9-12-11-5-13-9/h2-5H,1H3. The summed E-state index contributed by atoms with van der Waals surface area (Å²) in [5.74, 6) is 0. The van der Waals surface area contributed by atoms with Crippen LogP contribution in [0.15, 0.2) is 23.7 Å². The van der Waals surface area contributed by atoms with Gasteiger partial charge in [-0.05, 0) is 19.1 Å². The van der Waals surface area contributed by atoms with Gasteiger partial charge in [-0.25, -0.2) is 0 Å². The zero-order valence-corrected chi connectivity index (χ0v) is 8.56. The van der Waals surface area contributed by atoms with Crippen molar-refractivity contribution >= 4 is 22.9 Å². The Hall–Kier alpha value is -0.930. The minimum absolute atomic E-state index is 0.724. The van der Waals surface area contributed by atoms with E-state index in [9.17, 15) is 0 Å². The Kier molecular flexibility index (Phi) is 2.29. The monoisotopic (exact) mass is 210 g/mol. The first-order valence-electron chi connectivity index (χ1n) is 3.80. The largest absolute Gasteiger partial charge is 0.149 e. The van der Waals surface area contributed by atoms with Crippen molar-refractivity contribution in [1.82, 2.24) is 10.2 Å². The minimum Gasteiger partial charge on any atom is -0.147 e. The summed E-state index contributed by atoms with van der Waals surface area (Å²) in [6.45, 7) is 2.03. The Bertz CT molecular complexity index is 412. The van der Waals surface area contributed by atoms with E-state index in [4.69, 9.17) is 11.6 Å². The highest BCUT2D eigenvalue weighted by Crippen LogP contribution is 2.29. The molecule has 0 radical (unpaired) electrons. The molecule has 1 aromatic carbocycles. The van der Waals surface area contributed by atoms with Gasteiger partial charge < -0.3 is 0 Å². The summed E-state index contributed by atoms with van der Waals surface area (Å²) in [7, 11) is 0. The molecular formula is C9H7ClN2S. The molecule has 1 heterocycles. The molecular weight excluding hydrogens is 204 g/mol. The Labute approximate surface area is 85.2 Å². The van der Waals surface area contributed by atoms with Crippen LogP contribution < -0.4 is 0 Å². The number of nitrogens with zero attached hydrogens (tertiary/aromatic N) is 2. The lowest BCUT2D eigenvalue weighted by Crippen LogP contribution is -1.80. The van der Waals surface area contributed by atoms with Crippen LogP contribution in [0.5, 0.6) is 0 Å². The van der Waals surface area contributed by atoms with E-state index in [2.05, 4.69) is 10.2 Å². The molecule has 0 atom stereocenters. The Morgan fingerprint density at radius 1 is 1.38 bits per heavy atom. The summed E-state index contributed by atoms with van der Waals surface area (Å²) in [5, 5.41) is 9.35. The average molecular weight is 211 g/mol. The maximum Gasteiger partial charge on any atom is 0.149 e. The Morgan fingerprint density at radius 2 is 2.23 bits per heavy atom. The van der Waals surface area contributed by atoms with Crippen LogP contribution >= 0.6 is 22.9 Å². The van der Waals surface area contributed by atoms with Gasteiger partial charge in [-0.2, -0.15) is 0 Å². The molecule has 0 amide bonds. The van der Waals surface area contributed by atoms with Gasteiger partial charge in [0.2, 0.25) is 0 Å². The molecule has 0 saturated heterocycles. The van der Waals surface area contributed by atoms with Crippen LogP contribution in [0, 0.1) is 6.92 Å². The molecule has 0 aliphatic carbocycles. The van der Waals surface area contributed by atoms with E-state index in [1.54, 1.807) is 5.51 Å². The van der Waals surface area contributed by atoms with Gasteiger partial charge in [0.05, 0.1) is 5.02 Å². The van der Waals surface area contributed by atoms with Gasteiger partial charge >= 0.3 is 0 Å². The average Bonchev–Trinajstić information content (AvgIpc) is 2.61. The molecule has 66 valence electrons. The van der Waals surface area contributed by atoms with Crippen LogP contribution in [0.25, 0.3) is 10.6 Å². The second kappa shape index (κ2) is 3.44. The molecule has 2 nitrogen and oxygen atoms in total. The van der Waals surface area contributed by atoms with Gasteiger partial charge in [-0.3, -0.25) is 0 Å². The first-order valence-corrected chi connectivity index (χ1v) is 5.06. The molecule has 0 aliphatic heterocycles. The van der Waals surface area contributed by atoms with Crippen LogP contribution in [0.2, 0.25) is 5.02 Å². The van der Waals surface area contributed by atoms with Crippen LogP contribution in [0.4, 0.5) is 0 Å². The molecule has 0 bridgehead atoms. The Balaban J connectivity index is 2.57. The summed E-state index contributed by atoms with van der Waals surface area (Å²) < 4.78 is 0. The molecule has 2 rings (SSSR count). The van der Waals surface area contributed by atoms with Gasteiger partial charge in [0.1, 0.15) is 10.5 Å². The predicted octanol–water partition coefficient (Wildman–Crippen LogP) is 3.17. The van der Waals surface area contributed by atoms with Gasteiger partial charge in [-0.15, -0.1) is 10.2 Å². The Morgan fingerprint density at radius 3 is 2.92 bits per heavy atom. The van der Waals surface area contributed by atoms with Crippen molar-refractivity contribution < 1.29 is 0 Å². The third-order valence-corrected chi connectivity index (χ3v) is 2.77. The maximum atomic E-state index is 6.03. The number of hydrogen-bond acceptors (Lipinski definition) is 3. The molecule has 0 aliphatic rings. The number of aryl methyl sites for hydroxylation is 1. The van der Waals surface area contributed by atoms with Crippen molar-refractivity contribution in [3.8, 4) is 10.6 Å². The maximum absolute atomic E-state index is 6.03. The lowest BCUT2D eigenvalue weighted by atomic mass is 10.1. The van der Waals surface area contributed by atoms with Crippen LogP contribution in [-0.2, 0) is 0 Å². The van der Waals surface area contributed by atoms with E-state index in [0.29, 0.717) is 0 Å². The van der Waals surface area contributed by atoms with Gasteiger partial charge in [0.15, 0.2) is 0 Å². The second-order valence-corrected chi connectivity index (χ2v) is 3.97. The van der Waals surface area contributed by atoms with E-state index in [1.807, 2.05) is 25.1 Å². The van der Waals surface area contributed by atoms with Crippen molar-refractivity contribution in [2.45, 2.75) is 6.92 Å². The normalized spacial score (nSPS) is 10.3. The fourth-order valence-corrected chi connectivity index (χ4v) is 1.94. The van der Waals surface area contributed by atoms with Gasteiger partial charge in [0.25, 0.3) is 0 Å². The molecule has 1 aromatic heterocycles. The van der Waals surface area contributed by atoms with Crippen molar-refractivity contribution in [1.29, 1.82) is 0 Å². The lowest BCUT2D eigenvalue weighted by Gasteiger charge is -2.00. The highest BCUT2D eigenvalue weighted by atomic mass is 35.5. The topological polar surface area (TPSA) is 25.8 Å². The van der Waals surface area contributed by atoms with Crippen LogP contribution in [-0.4, -0.2) is 10.2 Å². The molecule has 0 fully saturated rings. The SMILES string of the molecule is Cc1ccc(Cl)c(-c2nncs2)c1. The number of halogens is 1. The van der Waals surface area contributed by atoms with E-state index >= 15 is 0 Å². The molecule has 0 N–H and O–H groups in total. The highest BCUT2D eigenvalue weighted by Gasteiger charge is 2.06. The molecule has 13 heavy (non-hydrogen) atoms. The first kappa shape index (κ1) is 8.66. The number of aromatic nitrogens is 2. The molecule has 0 unspecified atom stereocenters. The summed E-state index contributed by atoms with van der Waals surface area (Å²) in [6.07, 6.45) is 0. The summed E-state index contributed by atoms with van der Waals surface area (Å²) in [4.78, 5) is 0. The molecule has 4 heteroatoms. The number of hydrogen-bond donors (Lipinski definition) is 0. The number of rotatable bonds is 1. The van der Waals surface area contributed by atoms with Crippen LogP contribution in [0.1, 0.15) is 5.56 Å². The first-order chi connectivity index (χ1) is 6.27. The highest BCUT2D eigenvalue weighted by molar-refractivity contribution is 7.12. The van der Waals surface area contributed by atoms with Crippen LogP contribution in [0.3, 0.4) is 0 Å². The van der Waals surface area contributed by atoms with Gasteiger partial charge in [0, 0.05) is 5.56 Å². The smallest absolute Gasteiger partial charge is 0.147 e. The molecule has 2 aromatic rings. The van der Waals surface area contributed by atoms with Crippen molar-refractivity contribution in [2.24, 2.45) is 0 Å². The summed E-state index contributed by atoms with van der Waals surface area (Å²) >= 11 is 7.52. The third kappa shape index (κ3) is 1.71. The second-order valence-electron chi connectivity index (χ2n) is 2.73. The third-order valence-electron chi connectivity index (χ3n) is 1.71. The summed E-state index contributed by atoms with van der Waals surface area (Å²) in [6, 6.07) is 5.88. The van der Waals surface area contributed by atoms with E-state index in [-0.39, 0.29) is 0 Å². The fourth-order valence-electron chi connectivity index (χ4n) is 1.09. The zero-order valence-electron chi connectivity index (χ0n) is 6.99. The van der Waals surface area contributed by atoms with Crippen molar-refractivity contribution in [3.63, 3.8) is 0 Å². The molecule has 0 saturated carbocycles. The number of benzene rings is 1. The lowest BCUT2D eigenvalue weighted by molar-refractivity contribution is 1.09. The zero-order chi connectivity index (χ0) is 9.26. The predicted molar refractivity (Wildman–Crippen MR) is 55.1 cm³/mol.